The van der Waals surface area contributed by atoms with Crippen LogP contribution >= 0.6 is 0 Å². The second-order valence-electron chi connectivity index (χ2n) is 5.89. The number of amides is 1. The van der Waals surface area contributed by atoms with Gasteiger partial charge in [-0.25, -0.2) is 4.98 Å². The van der Waals surface area contributed by atoms with Crippen molar-refractivity contribution in [1.82, 2.24) is 19.4 Å². The van der Waals surface area contributed by atoms with E-state index in [1.165, 1.54) is 0 Å². The van der Waals surface area contributed by atoms with Crippen LogP contribution in [0.25, 0.3) is 0 Å². The molecule has 0 spiro atoms. The van der Waals surface area contributed by atoms with Crippen molar-refractivity contribution in [3.8, 4) is 0 Å². The van der Waals surface area contributed by atoms with E-state index < -0.39 is 0 Å². The summed E-state index contributed by atoms with van der Waals surface area (Å²) in [6.07, 6.45) is 6.02. The number of aromatic nitrogens is 2. The highest BCUT2D eigenvalue weighted by atomic mass is 16.5. The zero-order chi connectivity index (χ0) is 15.2. The topological polar surface area (TPSA) is 50.6 Å². The average molecular weight is 294 g/mol. The molecule has 1 aliphatic heterocycles. The number of likely N-dealkylation sites (N-methyl/N-ethyl adjacent to an activating group) is 1. The number of carbonyl (C=O) groups excluding carboxylic acids is 1. The fourth-order valence-corrected chi connectivity index (χ4v) is 2.81. The number of hydrogen-bond acceptors (Lipinski definition) is 4. The minimum atomic E-state index is 0.0774. The standard InChI is InChI=1S/C15H26N4O2/c1-17(2)9-10-18-8-6-16-15(18)13-5-4-7-19(11-13)14(20)12-21-3/h6,8,13H,4-5,7,9-12H2,1-3H3/t13-/m0/s1. The van der Waals surface area contributed by atoms with Gasteiger partial charge in [-0.1, -0.05) is 0 Å². The lowest BCUT2D eigenvalue weighted by atomic mass is 9.97. The van der Waals surface area contributed by atoms with Gasteiger partial charge >= 0.3 is 0 Å². The van der Waals surface area contributed by atoms with Gasteiger partial charge in [-0.15, -0.1) is 0 Å². The molecule has 0 N–H and O–H groups in total. The molecule has 1 aromatic rings. The number of hydrogen-bond donors (Lipinski definition) is 0. The van der Waals surface area contributed by atoms with E-state index in [9.17, 15) is 4.79 Å². The van der Waals surface area contributed by atoms with Gasteiger partial charge in [0.1, 0.15) is 12.4 Å². The number of nitrogens with zero attached hydrogens (tertiary/aromatic N) is 4. The van der Waals surface area contributed by atoms with Gasteiger partial charge in [0.25, 0.3) is 0 Å². The molecular formula is C15H26N4O2. The molecule has 2 rings (SSSR count). The summed E-state index contributed by atoms with van der Waals surface area (Å²) in [4.78, 5) is 20.6. The Labute approximate surface area is 126 Å². The summed E-state index contributed by atoms with van der Waals surface area (Å²) in [6, 6.07) is 0. The summed E-state index contributed by atoms with van der Waals surface area (Å²) in [7, 11) is 5.71. The first kappa shape index (κ1) is 16.0. The highest BCUT2D eigenvalue weighted by molar-refractivity contribution is 5.77. The fourth-order valence-electron chi connectivity index (χ4n) is 2.81. The highest BCUT2D eigenvalue weighted by Gasteiger charge is 2.27. The molecule has 6 nitrogen and oxygen atoms in total. The summed E-state index contributed by atoms with van der Waals surface area (Å²) < 4.78 is 7.17. The van der Waals surface area contributed by atoms with Crippen LogP contribution in [0.2, 0.25) is 0 Å². The highest BCUT2D eigenvalue weighted by Crippen LogP contribution is 2.25. The Morgan fingerprint density at radius 3 is 3.05 bits per heavy atom. The first-order chi connectivity index (χ1) is 10.1. The van der Waals surface area contributed by atoms with Crippen molar-refractivity contribution in [1.29, 1.82) is 0 Å². The Bertz CT molecular complexity index is 458. The lowest BCUT2D eigenvalue weighted by molar-refractivity contribution is -0.136. The van der Waals surface area contributed by atoms with Gasteiger partial charge in [0.15, 0.2) is 0 Å². The molecule has 0 unspecified atom stereocenters. The van der Waals surface area contributed by atoms with Gasteiger partial charge in [0.2, 0.25) is 5.91 Å². The van der Waals surface area contributed by atoms with E-state index >= 15 is 0 Å². The number of likely N-dealkylation sites (tertiary alicyclic amines) is 1. The van der Waals surface area contributed by atoms with Crippen molar-refractivity contribution < 1.29 is 9.53 Å². The molecule has 1 amide bonds. The molecule has 1 aromatic heterocycles. The minimum absolute atomic E-state index is 0.0774. The maximum absolute atomic E-state index is 12.0. The monoisotopic (exact) mass is 294 g/mol. The molecule has 1 saturated heterocycles. The van der Waals surface area contributed by atoms with Crippen molar-refractivity contribution in [2.75, 3.05) is 47.4 Å². The molecule has 0 aliphatic carbocycles. The second-order valence-corrected chi connectivity index (χ2v) is 5.89. The van der Waals surface area contributed by atoms with Crippen LogP contribution in [0.1, 0.15) is 24.6 Å². The Balaban J connectivity index is 2.01. The van der Waals surface area contributed by atoms with Gasteiger partial charge in [-0.05, 0) is 26.9 Å². The average Bonchev–Trinajstić information content (AvgIpc) is 2.94. The van der Waals surface area contributed by atoms with E-state index in [-0.39, 0.29) is 12.5 Å². The molecule has 1 fully saturated rings. The zero-order valence-corrected chi connectivity index (χ0v) is 13.3. The number of piperidine rings is 1. The molecular weight excluding hydrogens is 268 g/mol. The summed E-state index contributed by atoms with van der Waals surface area (Å²) in [6.45, 7) is 3.67. The third-order valence-electron chi connectivity index (χ3n) is 3.94. The van der Waals surface area contributed by atoms with Gasteiger partial charge in [-0.3, -0.25) is 4.79 Å². The first-order valence-electron chi connectivity index (χ1n) is 7.54. The van der Waals surface area contributed by atoms with Gasteiger partial charge < -0.3 is 19.1 Å². The summed E-state index contributed by atoms with van der Waals surface area (Å²) in [5, 5.41) is 0. The van der Waals surface area contributed by atoms with Crippen molar-refractivity contribution in [2.24, 2.45) is 0 Å². The lowest BCUT2D eigenvalue weighted by Crippen LogP contribution is -2.41. The van der Waals surface area contributed by atoms with Crippen LogP contribution in [-0.2, 0) is 16.1 Å². The van der Waals surface area contributed by atoms with Crippen LogP contribution in [0.4, 0.5) is 0 Å². The minimum Gasteiger partial charge on any atom is -0.375 e. The molecule has 0 saturated carbocycles. The van der Waals surface area contributed by atoms with Gasteiger partial charge in [-0.2, -0.15) is 0 Å². The maximum atomic E-state index is 12.0. The Morgan fingerprint density at radius 2 is 2.33 bits per heavy atom. The van der Waals surface area contributed by atoms with Crippen molar-refractivity contribution in [2.45, 2.75) is 25.3 Å². The van der Waals surface area contributed by atoms with E-state index in [1.807, 2.05) is 17.3 Å². The lowest BCUT2D eigenvalue weighted by Gasteiger charge is -2.32. The second kappa shape index (κ2) is 7.56. The van der Waals surface area contributed by atoms with Gasteiger partial charge in [0, 0.05) is 51.6 Å². The Morgan fingerprint density at radius 1 is 1.52 bits per heavy atom. The molecule has 0 radical (unpaired) electrons. The normalized spacial score (nSPS) is 19.2. The molecule has 6 heteroatoms. The quantitative estimate of drug-likeness (QED) is 0.778. The van der Waals surface area contributed by atoms with Crippen LogP contribution in [0.15, 0.2) is 12.4 Å². The predicted octanol–water partition coefficient (Wildman–Crippen LogP) is 0.797. The van der Waals surface area contributed by atoms with Crippen LogP contribution in [0.3, 0.4) is 0 Å². The zero-order valence-electron chi connectivity index (χ0n) is 13.3. The number of ether oxygens (including phenoxy) is 1. The molecule has 0 bridgehead atoms. The Kier molecular flexibility index (Phi) is 5.76. The van der Waals surface area contributed by atoms with Crippen molar-refractivity contribution in [3.05, 3.63) is 18.2 Å². The first-order valence-corrected chi connectivity index (χ1v) is 7.54. The summed E-state index contributed by atoms with van der Waals surface area (Å²) >= 11 is 0. The molecule has 2 heterocycles. The number of methoxy groups -OCH3 is 1. The van der Waals surface area contributed by atoms with Crippen LogP contribution in [0.5, 0.6) is 0 Å². The van der Waals surface area contributed by atoms with Crippen LogP contribution in [-0.4, -0.2) is 72.7 Å². The van der Waals surface area contributed by atoms with E-state index in [0.29, 0.717) is 5.92 Å². The van der Waals surface area contributed by atoms with E-state index in [4.69, 9.17) is 4.74 Å². The predicted molar refractivity (Wildman–Crippen MR) is 81.2 cm³/mol. The maximum Gasteiger partial charge on any atom is 0.248 e. The SMILES string of the molecule is COCC(=O)N1CCC[C@H](c2nccn2CCN(C)C)C1. The Hall–Kier alpha value is -1.40. The largest absolute Gasteiger partial charge is 0.375 e. The third-order valence-corrected chi connectivity index (χ3v) is 3.94. The van der Waals surface area contributed by atoms with Crippen LogP contribution in [0, 0.1) is 0 Å². The smallest absolute Gasteiger partial charge is 0.248 e. The molecule has 118 valence electrons. The molecule has 1 aliphatic rings. The summed E-state index contributed by atoms with van der Waals surface area (Å²) in [5.41, 5.74) is 0. The van der Waals surface area contributed by atoms with Crippen molar-refractivity contribution in [3.63, 3.8) is 0 Å². The number of rotatable bonds is 6. The van der Waals surface area contributed by atoms with E-state index in [1.54, 1.807) is 7.11 Å². The third kappa shape index (κ3) is 4.28. The van der Waals surface area contributed by atoms with Crippen molar-refractivity contribution >= 4 is 5.91 Å². The molecule has 21 heavy (non-hydrogen) atoms. The van der Waals surface area contributed by atoms with E-state index in [2.05, 4.69) is 28.5 Å². The van der Waals surface area contributed by atoms with E-state index in [0.717, 1.165) is 44.8 Å². The molecule has 0 aromatic carbocycles. The molecule has 1 atom stereocenters. The number of carbonyl (C=O) groups is 1. The van der Waals surface area contributed by atoms with Crippen LogP contribution < -0.4 is 0 Å². The number of imidazole rings is 1. The summed E-state index contributed by atoms with van der Waals surface area (Å²) in [5.74, 6) is 1.51. The van der Waals surface area contributed by atoms with Gasteiger partial charge in [0.05, 0.1) is 0 Å². The fraction of sp³-hybridized carbons (Fsp3) is 0.733.